The predicted octanol–water partition coefficient (Wildman–Crippen LogP) is 3.36. The Morgan fingerprint density at radius 1 is 1.40 bits per heavy atom. The normalized spacial score (nSPS) is 13.0. The van der Waals surface area contributed by atoms with E-state index in [1.165, 1.54) is 0 Å². The lowest BCUT2D eigenvalue weighted by Crippen LogP contribution is -2.07. The van der Waals surface area contributed by atoms with Gasteiger partial charge in [0.05, 0.1) is 6.04 Å². The van der Waals surface area contributed by atoms with Gasteiger partial charge in [0.25, 0.3) is 0 Å². The van der Waals surface area contributed by atoms with Gasteiger partial charge < -0.3 is 14.0 Å². The number of furan rings is 1. The molecule has 2 rings (SSSR count). The van der Waals surface area contributed by atoms with E-state index in [-0.39, 0.29) is 6.04 Å². The summed E-state index contributed by atoms with van der Waals surface area (Å²) in [6.45, 7) is 6.05. The predicted molar refractivity (Wildman–Crippen MR) is 61.6 cm³/mol. The van der Waals surface area contributed by atoms with Crippen molar-refractivity contribution in [3.8, 4) is 0 Å². The number of rotatable bonds is 2. The van der Waals surface area contributed by atoms with Crippen LogP contribution in [0, 0.1) is 18.6 Å². The average molecular weight is 222 g/mol. The van der Waals surface area contributed by atoms with E-state index >= 15 is 0 Å². The second kappa shape index (κ2) is 3.70. The highest BCUT2D eigenvalue weighted by molar-refractivity contribution is 7.71. The molecule has 2 aromatic heterocycles. The first-order valence-electron chi connectivity index (χ1n) is 4.92. The maximum Gasteiger partial charge on any atom is 0.178 e. The number of nitrogens with one attached hydrogen (secondary N) is 1. The molecule has 2 aromatic rings. The Hall–Kier alpha value is -1.29. The molecule has 0 radical (unpaired) electrons. The summed E-state index contributed by atoms with van der Waals surface area (Å²) in [4.78, 5) is 3.03. The maximum atomic E-state index is 5.60. The highest BCUT2D eigenvalue weighted by atomic mass is 32.1. The van der Waals surface area contributed by atoms with Crippen LogP contribution in [-0.2, 0) is 0 Å². The summed E-state index contributed by atoms with van der Waals surface area (Å²) in [5, 5.41) is 0. The van der Waals surface area contributed by atoms with E-state index in [9.17, 15) is 0 Å². The minimum atomic E-state index is 0.137. The van der Waals surface area contributed by atoms with Gasteiger partial charge in [-0.2, -0.15) is 0 Å². The first-order chi connectivity index (χ1) is 7.09. The van der Waals surface area contributed by atoms with E-state index in [1.54, 1.807) is 0 Å². The Morgan fingerprint density at radius 2 is 2.13 bits per heavy atom. The van der Waals surface area contributed by atoms with Gasteiger partial charge in [0.1, 0.15) is 11.5 Å². The molecule has 0 aliphatic heterocycles. The largest absolute Gasteiger partial charge is 0.464 e. The Kier molecular flexibility index (Phi) is 2.52. The highest BCUT2D eigenvalue weighted by Gasteiger charge is 2.13. The summed E-state index contributed by atoms with van der Waals surface area (Å²) >= 11 is 5.22. The summed E-state index contributed by atoms with van der Waals surface area (Å²) < 4.78 is 8.38. The van der Waals surface area contributed by atoms with Gasteiger partial charge in [-0.15, -0.1) is 0 Å². The molecular formula is C11H14N2OS. The minimum Gasteiger partial charge on any atom is -0.464 e. The van der Waals surface area contributed by atoms with Gasteiger partial charge >= 0.3 is 0 Å². The molecule has 2 heterocycles. The summed E-state index contributed by atoms with van der Waals surface area (Å²) in [5.74, 6) is 1.86. The van der Waals surface area contributed by atoms with Gasteiger partial charge in [-0.05, 0) is 45.1 Å². The van der Waals surface area contributed by atoms with Crippen molar-refractivity contribution in [2.24, 2.45) is 0 Å². The van der Waals surface area contributed by atoms with Crippen molar-refractivity contribution in [1.29, 1.82) is 0 Å². The van der Waals surface area contributed by atoms with E-state index in [4.69, 9.17) is 16.6 Å². The first-order valence-corrected chi connectivity index (χ1v) is 5.33. The van der Waals surface area contributed by atoms with Gasteiger partial charge in [-0.1, -0.05) is 0 Å². The monoisotopic (exact) mass is 222 g/mol. The number of hydrogen-bond acceptors (Lipinski definition) is 2. The standard InChI is InChI=1S/C11H14N2OS/c1-7-6-12-11(15)13(7)9(3)10-5-4-8(2)14-10/h4-6,9H,1-3H3,(H,12,15). The van der Waals surface area contributed by atoms with Crippen molar-refractivity contribution in [2.75, 3.05) is 0 Å². The molecule has 0 aliphatic rings. The second-order valence-electron chi connectivity index (χ2n) is 3.73. The lowest BCUT2D eigenvalue weighted by atomic mass is 10.2. The number of aryl methyl sites for hydroxylation is 2. The molecule has 0 amide bonds. The Bertz CT molecular complexity index is 521. The molecule has 0 spiro atoms. The molecule has 80 valence electrons. The van der Waals surface area contributed by atoms with Gasteiger partial charge in [-0.25, -0.2) is 0 Å². The molecule has 1 unspecified atom stereocenters. The van der Waals surface area contributed by atoms with Gasteiger partial charge in [0.15, 0.2) is 4.77 Å². The maximum absolute atomic E-state index is 5.60. The molecule has 1 atom stereocenters. The van der Waals surface area contributed by atoms with Crippen molar-refractivity contribution in [1.82, 2.24) is 9.55 Å². The molecule has 0 fully saturated rings. The second-order valence-corrected chi connectivity index (χ2v) is 4.12. The highest BCUT2D eigenvalue weighted by Crippen LogP contribution is 2.21. The summed E-state index contributed by atoms with van der Waals surface area (Å²) in [6.07, 6.45) is 1.91. The zero-order valence-corrected chi connectivity index (χ0v) is 9.89. The average Bonchev–Trinajstić information content (AvgIpc) is 2.73. The fourth-order valence-corrected chi connectivity index (χ4v) is 2.11. The lowest BCUT2D eigenvalue weighted by molar-refractivity contribution is 0.424. The van der Waals surface area contributed by atoms with Crippen LogP contribution in [0.5, 0.6) is 0 Å². The molecule has 15 heavy (non-hydrogen) atoms. The third-order valence-corrected chi connectivity index (χ3v) is 2.88. The number of imidazole rings is 1. The number of H-pyrrole nitrogens is 1. The SMILES string of the molecule is Cc1ccc(C(C)n2c(C)c[nH]c2=S)o1. The van der Waals surface area contributed by atoms with Crippen molar-refractivity contribution < 1.29 is 4.42 Å². The minimum absolute atomic E-state index is 0.137. The van der Waals surface area contributed by atoms with Crippen molar-refractivity contribution in [3.05, 3.63) is 40.3 Å². The summed E-state index contributed by atoms with van der Waals surface area (Å²) in [7, 11) is 0. The van der Waals surface area contributed by atoms with Crippen molar-refractivity contribution in [2.45, 2.75) is 26.8 Å². The Labute approximate surface area is 93.7 Å². The quantitative estimate of drug-likeness (QED) is 0.790. The molecule has 4 heteroatoms. The molecule has 3 nitrogen and oxygen atoms in total. The van der Waals surface area contributed by atoms with E-state index < -0.39 is 0 Å². The number of aromatic nitrogens is 2. The van der Waals surface area contributed by atoms with Crippen molar-refractivity contribution in [3.63, 3.8) is 0 Å². The fourth-order valence-electron chi connectivity index (χ4n) is 1.75. The van der Waals surface area contributed by atoms with E-state index in [0.29, 0.717) is 0 Å². The molecule has 0 saturated heterocycles. The molecular weight excluding hydrogens is 208 g/mol. The number of aromatic amines is 1. The first kappa shape index (κ1) is 10.2. The van der Waals surface area contributed by atoms with Crippen LogP contribution in [0.2, 0.25) is 0 Å². The van der Waals surface area contributed by atoms with Crippen LogP contribution >= 0.6 is 12.2 Å². The van der Waals surface area contributed by atoms with Crippen LogP contribution < -0.4 is 0 Å². The van der Waals surface area contributed by atoms with Gasteiger partial charge in [0, 0.05) is 11.9 Å². The fraction of sp³-hybridized carbons (Fsp3) is 0.364. The van der Waals surface area contributed by atoms with E-state index in [0.717, 1.165) is 22.0 Å². The van der Waals surface area contributed by atoms with Crippen molar-refractivity contribution >= 4 is 12.2 Å². The van der Waals surface area contributed by atoms with Crippen LogP contribution in [0.15, 0.2) is 22.7 Å². The van der Waals surface area contributed by atoms with Crippen LogP contribution in [0.1, 0.15) is 30.2 Å². The molecule has 0 saturated carbocycles. The van der Waals surface area contributed by atoms with E-state index in [2.05, 4.69) is 11.9 Å². The van der Waals surface area contributed by atoms with Crippen LogP contribution in [0.25, 0.3) is 0 Å². The van der Waals surface area contributed by atoms with Crippen LogP contribution in [0.4, 0.5) is 0 Å². The number of nitrogens with zero attached hydrogens (tertiary/aromatic N) is 1. The third-order valence-electron chi connectivity index (χ3n) is 2.56. The zero-order valence-electron chi connectivity index (χ0n) is 9.07. The lowest BCUT2D eigenvalue weighted by Gasteiger charge is -2.12. The smallest absolute Gasteiger partial charge is 0.178 e. The van der Waals surface area contributed by atoms with Gasteiger partial charge in [0.2, 0.25) is 0 Å². The van der Waals surface area contributed by atoms with Gasteiger partial charge in [-0.3, -0.25) is 0 Å². The molecule has 0 aliphatic carbocycles. The van der Waals surface area contributed by atoms with Crippen LogP contribution in [0.3, 0.4) is 0 Å². The van der Waals surface area contributed by atoms with E-state index in [1.807, 2.05) is 36.7 Å². The third kappa shape index (κ3) is 1.77. The topological polar surface area (TPSA) is 33.9 Å². The summed E-state index contributed by atoms with van der Waals surface area (Å²) in [6, 6.07) is 4.10. The molecule has 1 N–H and O–H groups in total. The molecule has 0 aromatic carbocycles. The number of hydrogen-bond donors (Lipinski definition) is 1. The zero-order chi connectivity index (χ0) is 11.0. The Balaban J connectivity index is 2.44. The van der Waals surface area contributed by atoms with Crippen LogP contribution in [-0.4, -0.2) is 9.55 Å². The Morgan fingerprint density at radius 3 is 2.60 bits per heavy atom. The molecule has 0 bridgehead atoms. The summed E-state index contributed by atoms with van der Waals surface area (Å²) in [5.41, 5.74) is 1.11.